The molecule has 2 aromatic rings. The highest BCUT2D eigenvalue weighted by atomic mass is 16.4. The van der Waals surface area contributed by atoms with E-state index in [1.165, 1.54) is 0 Å². The monoisotopic (exact) mass is 358 g/mol. The molecule has 0 radical (unpaired) electrons. The van der Waals surface area contributed by atoms with E-state index in [-0.39, 0.29) is 24.5 Å². The molecule has 7 heteroatoms. The number of likely N-dealkylation sites (tertiary alicyclic amines) is 1. The standard InChI is InChI=1S/C19H26N4O3/c1-5-12(3)23-17-16(9-20-23)15(8-11(2)21-17)18(24)22-10-14(19(25)26)7-6-13(22)4/h8-9,12-14H,5-7,10H2,1-4H3,(H,25,26). The number of amides is 1. The average molecular weight is 358 g/mol. The smallest absolute Gasteiger partial charge is 0.308 e. The number of aliphatic carboxylic acids is 1. The van der Waals surface area contributed by atoms with E-state index < -0.39 is 11.9 Å². The summed E-state index contributed by atoms with van der Waals surface area (Å²) in [5.74, 6) is -1.48. The molecule has 1 aliphatic rings. The number of hydrogen-bond donors (Lipinski definition) is 1. The summed E-state index contributed by atoms with van der Waals surface area (Å²) in [5.41, 5.74) is 2.02. The topological polar surface area (TPSA) is 88.3 Å². The van der Waals surface area contributed by atoms with E-state index in [9.17, 15) is 14.7 Å². The second-order valence-electron chi connectivity index (χ2n) is 7.31. The van der Waals surface area contributed by atoms with Gasteiger partial charge in [-0.25, -0.2) is 9.67 Å². The van der Waals surface area contributed by atoms with E-state index in [0.717, 1.165) is 17.5 Å². The minimum Gasteiger partial charge on any atom is -0.481 e. The summed E-state index contributed by atoms with van der Waals surface area (Å²) in [5, 5.41) is 14.5. The highest BCUT2D eigenvalue weighted by Crippen LogP contribution is 2.28. The van der Waals surface area contributed by atoms with Crippen LogP contribution in [0.15, 0.2) is 12.3 Å². The van der Waals surface area contributed by atoms with Gasteiger partial charge in [0.1, 0.15) is 0 Å². The number of carbonyl (C=O) groups excluding carboxylic acids is 1. The molecule has 1 fully saturated rings. The highest BCUT2D eigenvalue weighted by Gasteiger charge is 2.34. The third-order valence-corrected chi connectivity index (χ3v) is 5.43. The number of pyridine rings is 1. The molecule has 1 saturated heterocycles. The maximum absolute atomic E-state index is 13.3. The van der Waals surface area contributed by atoms with E-state index in [0.29, 0.717) is 24.1 Å². The molecule has 0 aromatic carbocycles. The maximum atomic E-state index is 13.3. The molecule has 0 bridgehead atoms. The van der Waals surface area contributed by atoms with Crippen molar-refractivity contribution in [2.75, 3.05) is 6.54 Å². The van der Waals surface area contributed by atoms with E-state index in [2.05, 4.69) is 23.9 Å². The van der Waals surface area contributed by atoms with Gasteiger partial charge in [0.25, 0.3) is 5.91 Å². The molecule has 140 valence electrons. The van der Waals surface area contributed by atoms with Crippen molar-refractivity contribution in [3.63, 3.8) is 0 Å². The van der Waals surface area contributed by atoms with Crippen LogP contribution in [0, 0.1) is 12.8 Å². The number of nitrogens with zero attached hydrogens (tertiary/aromatic N) is 4. The van der Waals surface area contributed by atoms with Crippen LogP contribution in [0.3, 0.4) is 0 Å². The van der Waals surface area contributed by atoms with Gasteiger partial charge < -0.3 is 10.0 Å². The van der Waals surface area contributed by atoms with Crippen LogP contribution >= 0.6 is 0 Å². The zero-order chi connectivity index (χ0) is 19.0. The van der Waals surface area contributed by atoms with Crippen LogP contribution in [0.25, 0.3) is 11.0 Å². The molecule has 1 amide bonds. The Labute approximate surface area is 153 Å². The zero-order valence-electron chi connectivity index (χ0n) is 15.8. The zero-order valence-corrected chi connectivity index (χ0v) is 15.8. The van der Waals surface area contributed by atoms with Crippen LogP contribution in [-0.2, 0) is 4.79 Å². The van der Waals surface area contributed by atoms with Crippen molar-refractivity contribution in [3.8, 4) is 0 Å². The third kappa shape index (κ3) is 3.18. The Morgan fingerprint density at radius 1 is 1.38 bits per heavy atom. The first-order valence-electron chi connectivity index (χ1n) is 9.22. The lowest BCUT2D eigenvalue weighted by molar-refractivity contribution is -0.143. The Bertz CT molecular complexity index is 845. The lowest BCUT2D eigenvalue weighted by Crippen LogP contribution is -2.47. The molecule has 7 nitrogen and oxygen atoms in total. The van der Waals surface area contributed by atoms with Crippen LogP contribution in [0.4, 0.5) is 0 Å². The number of fused-ring (bicyclic) bond motifs is 1. The summed E-state index contributed by atoms with van der Waals surface area (Å²) < 4.78 is 1.86. The number of piperidine rings is 1. The summed E-state index contributed by atoms with van der Waals surface area (Å²) in [6, 6.07) is 1.99. The lowest BCUT2D eigenvalue weighted by atomic mass is 9.92. The van der Waals surface area contributed by atoms with E-state index in [1.807, 2.05) is 18.5 Å². The predicted molar refractivity (Wildman–Crippen MR) is 98.1 cm³/mol. The molecular formula is C19H26N4O3. The van der Waals surface area contributed by atoms with Crippen LogP contribution in [0.2, 0.25) is 0 Å². The Kier molecular flexibility index (Phi) is 4.98. The summed E-state index contributed by atoms with van der Waals surface area (Å²) in [4.78, 5) is 30.9. The molecule has 2 aromatic heterocycles. The molecule has 3 atom stereocenters. The van der Waals surface area contributed by atoms with Crippen LogP contribution < -0.4 is 0 Å². The molecule has 0 aliphatic carbocycles. The van der Waals surface area contributed by atoms with Crippen LogP contribution in [-0.4, -0.2) is 49.2 Å². The Morgan fingerprint density at radius 3 is 2.77 bits per heavy atom. The summed E-state index contributed by atoms with van der Waals surface area (Å²) in [6.45, 7) is 8.24. The Morgan fingerprint density at radius 2 is 2.12 bits per heavy atom. The normalized spacial score (nSPS) is 21.8. The summed E-state index contributed by atoms with van der Waals surface area (Å²) in [7, 11) is 0. The number of carbonyl (C=O) groups is 2. The van der Waals surface area contributed by atoms with Gasteiger partial charge in [0.05, 0.1) is 29.1 Å². The van der Waals surface area contributed by atoms with Crippen LogP contribution in [0.5, 0.6) is 0 Å². The number of carboxylic acids is 1. The average Bonchev–Trinajstić information content (AvgIpc) is 3.03. The second-order valence-corrected chi connectivity index (χ2v) is 7.31. The van der Waals surface area contributed by atoms with Gasteiger partial charge in [0.15, 0.2) is 5.65 Å². The number of carboxylic acid groups (broad SMARTS) is 1. The van der Waals surface area contributed by atoms with Gasteiger partial charge in [0, 0.05) is 18.3 Å². The highest BCUT2D eigenvalue weighted by molar-refractivity contribution is 6.05. The first-order valence-corrected chi connectivity index (χ1v) is 9.22. The molecule has 3 rings (SSSR count). The van der Waals surface area contributed by atoms with Gasteiger partial charge in [-0.1, -0.05) is 6.92 Å². The molecule has 0 spiro atoms. The number of aromatic nitrogens is 3. The largest absolute Gasteiger partial charge is 0.481 e. The fourth-order valence-corrected chi connectivity index (χ4v) is 3.56. The van der Waals surface area contributed by atoms with Crippen LogP contribution in [0.1, 0.15) is 62.1 Å². The molecule has 3 heterocycles. The Balaban J connectivity index is 2.02. The van der Waals surface area contributed by atoms with Crippen molar-refractivity contribution < 1.29 is 14.7 Å². The number of hydrogen-bond acceptors (Lipinski definition) is 4. The molecular weight excluding hydrogens is 332 g/mol. The molecule has 26 heavy (non-hydrogen) atoms. The van der Waals surface area contributed by atoms with Gasteiger partial charge in [-0.2, -0.15) is 5.10 Å². The van der Waals surface area contributed by atoms with Gasteiger partial charge in [-0.15, -0.1) is 0 Å². The molecule has 1 aliphatic heterocycles. The first kappa shape index (κ1) is 18.4. The SMILES string of the molecule is CCC(C)n1ncc2c(C(=O)N3CC(C(=O)O)CCC3C)cc(C)nc21. The van der Waals surface area contributed by atoms with Crippen molar-refractivity contribution in [1.29, 1.82) is 0 Å². The third-order valence-electron chi connectivity index (χ3n) is 5.43. The number of aryl methyl sites for hydroxylation is 1. The minimum atomic E-state index is -0.838. The predicted octanol–water partition coefficient (Wildman–Crippen LogP) is 3.04. The second kappa shape index (κ2) is 7.05. The van der Waals surface area contributed by atoms with Crippen molar-refractivity contribution in [2.24, 2.45) is 5.92 Å². The van der Waals surface area contributed by atoms with Crippen molar-refractivity contribution >= 4 is 22.9 Å². The summed E-state index contributed by atoms with van der Waals surface area (Å²) in [6.07, 6.45) is 3.92. The fraction of sp³-hybridized carbons (Fsp3) is 0.579. The van der Waals surface area contributed by atoms with Gasteiger partial charge in [-0.05, 0) is 46.1 Å². The molecule has 0 saturated carbocycles. The van der Waals surface area contributed by atoms with E-state index in [4.69, 9.17) is 0 Å². The molecule has 1 N–H and O–H groups in total. The van der Waals surface area contributed by atoms with E-state index >= 15 is 0 Å². The van der Waals surface area contributed by atoms with Crippen molar-refractivity contribution in [2.45, 2.75) is 59.0 Å². The van der Waals surface area contributed by atoms with Gasteiger partial charge in [0.2, 0.25) is 0 Å². The minimum absolute atomic E-state index is 0.0197. The van der Waals surface area contributed by atoms with Gasteiger partial charge in [-0.3, -0.25) is 9.59 Å². The van der Waals surface area contributed by atoms with Gasteiger partial charge >= 0.3 is 5.97 Å². The molecule has 3 unspecified atom stereocenters. The number of rotatable bonds is 4. The lowest BCUT2D eigenvalue weighted by Gasteiger charge is -2.36. The first-order chi connectivity index (χ1) is 12.3. The van der Waals surface area contributed by atoms with Crippen molar-refractivity contribution in [1.82, 2.24) is 19.7 Å². The Hall–Kier alpha value is -2.44. The summed E-state index contributed by atoms with van der Waals surface area (Å²) >= 11 is 0. The fourth-order valence-electron chi connectivity index (χ4n) is 3.56. The van der Waals surface area contributed by atoms with Crippen molar-refractivity contribution in [3.05, 3.63) is 23.5 Å². The van der Waals surface area contributed by atoms with E-state index in [1.54, 1.807) is 17.2 Å². The quantitative estimate of drug-likeness (QED) is 0.907. The maximum Gasteiger partial charge on any atom is 0.308 e.